The average Bonchev–Trinajstić information content (AvgIpc) is 0.827. The molecule has 0 spiro atoms. The summed E-state index contributed by atoms with van der Waals surface area (Å²) in [6.07, 6.45) is 28.2. The Kier molecular flexibility index (Phi) is 43.4. The first kappa shape index (κ1) is 91.6. The van der Waals surface area contributed by atoms with E-state index in [-0.39, 0.29) is 108 Å². The Morgan fingerprint density at radius 3 is 1.17 bits per heavy atom. The maximum absolute atomic E-state index is 12.2. The normalized spacial score (nSPS) is 31.6. The van der Waals surface area contributed by atoms with Crippen LogP contribution in [0.25, 0.3) is 0 Å². The summed E-state index contributed by atoms with van der Waals surface area (Å²) in [5, 5.41) is 83.5. The predicted octanol–water partition coefficient (Wildman–Crippen LogP) is 12.4. The van der Waals surface area contributed by atoms with Crippen LogP contribution in [-0.4, -0.2) is 171 Å². The van der Waals surface area contributed by atoms with Crippen molar-refractivity contribution in [3.05, 3.63) is 35.4 Å². The number of hydrogen-bond acceptors (Lipinski definition) is 21. The second-order valence-electron chi connectivity index (χ2n) is 32.7. The summed E-state index contributed by atoms with van der Waals surface area (Å²) in [6, 6.07) is 8.15. The van der Waals surface area contributed by atoms with Crippen LogP contribution >= 0.6 is 0 Å². The largest absolute Gasteiger partial charge is 0.481 e. The van der Waals surface area contributed by atoms with Gasteiger partial charge in [-0.15, -0.1) is 0 Å². The molecule has 12 atom stereocenters. The molecule has 22 heteroatoms. The third kappa shape index (κ3) is 34.2. The van der Waals surface area contributed by atoms with Crippen molar-refractivity contribution in [1.82, 2.24) is 0 Å². The molecule has 9 N–H and O–H groups in total. The van der Waals surface area contributed by atoms with Gasteiger partial charge in [-0.2, -0.15) is 0 Å². The molecule has 104 heavy (non-hydrogen) atoms. The van der Waals surface area contributed by atoms with E-state index in [1.165, 1.54) is 51.9 Å². The summed E-state index contributed by atoms with van der Waals surface area (Å²) in [5.41, 5.74) is 2.53. The van der Waals surface area contributed by atoms with E-state index < -0.39 is 42.4 Å². The molecule has 0 radical (unpaired) electrons. The zero-order chi connectivity index (χ0) is 76.9. The minimum Gasteiger partial charge on any atom is -0.481 e. The molecule has 598 valence electrons. The summed E-state index contributed by atoms with van der Waals surface area (Å²) in [6.45, 7) is 16.4. The Bertz CT molecular complexity index is 2550. The smallest absolute Gasteiger partial charge is 0.311 e. The Balaban J connectivity index is 0.000000261. The SMILES string of the molecule is CC(C)C1CCC(COC(=O)C2CCCCC2O)CC1.CC(C)c1ccc(COC(=O)C2CCCCC2O)cc1.CC1CC(OC(=O)C2CCCCC2O)CC(C)(C)C1.COC(=O)C1CCC(O)CC1.COC(=O)C1CCC(O)CC1.O=C(O)C1CCCCC1O.O=C(OCCO)C1CCCCC1O. The summed E-state index contributed by atoms with van der Waals surface area (Å²) >= 11 is 0. The molecule has 9 aliphatic rings. The molecule has 0 bridgehead atoms. The van der Waals surface area contributed by atoms with E-state index in [4.69, 9.17) is 44.5 Å². The van der Waals surface area contributed by atoms with Crippen LogP contribution in [0.4, 0.5) is 0 Å². The van der Waals surface area contributed by atoms with Gasteiger partial charge in [0.1, 0.15) is 19.3 Å². The third-order valence-corrected chi connectivity index (χ3v) is 22.9. The number of carbonyl (C=O) groups excluding carboxylic acids is 6. The van der Waals surface area contributed by atoms with Gasteiger partial charge in [0.15, 0.2) is 0 Å². The number of methoxy groups -OCH3 is 2. The topological polar surface area (TPSA) is 357 Å². The molecule has 0 aromatic heterocycles. The van der Waals surface area contributed by atoms with Gasteiger partial charge in [-0.1, -0.05) is 137 Å². The van der Waals surface area contributed by atoms with Gasteiger partial charge in [-0.25, -0.2) is 0 Å². The summed E-state index contributed by atoms with van der Waals surface area (Å²) < 4.78 is 30.5. The zero-order valence-electron chi connectivity index (χ0n) is 64.8. The maximum atomic E-state index is 12.2. The number of carbonyl (C=O) groups is 7. The van der Waals surface area contributed by atoms with Crippen molar-refractivity contribution in [1.29, 1.82) is 0 Å². The first-order valence-corrected chi connectivity index (χ1v) is 40.0. The predicted molar refractivity (Wildman–Crippen MR) is 394 cm³/mol. The van der Waals surface area contributed by atoms with Gasteiger partial charge < -0.3 is 74.4 Å². The van der Waals surface area contributed by atoms with Crippen LogP contribution in [0.5, 0.6) is 0 Å². The summed E-state index contributed by atoms with van der Waals surface area (Å²) in [5.74, 6) is -0.503. The Labute approximate surface area is 621 Å². The van der Waals surface area contributed by atoms with Gasteiger partial charge in [0.05, 0.1) is 112 Å². The highest BCUT2D eigenvalue weighted by molar-refractivity contribution is 5.75. The van der Waals surface area contributed by atoms with Crippen molar-refractivity contribution in [2.24, 2.45) is 70.5 Å². The number of carboxylic acids is 1. The van der Waals surface area contributed by atoms with Crippen LogP contribution in [0.2, 0.25) is 0 Å². The fourth-order valence-corrected chi connectivity index (χ4v) is 16.3. The molecule has 12 unspecified atom stereocenters. The number of carboxylic acid groups (broad SMARTS) is 1. The standard InChI is InChI=1S/C17H30O3.C17H24O3.C16H28O3.C9H16O4.2C8H14O3.C7H12O3/c2*1-12(2)14-9-7-13(8-10-14)11-20-17(19)15-5-3-4-6-16(15)18;1-11-8-12(10-16(2,3)9-11)19-15(18)13-6-4-5-7-14(13)17;10-5-6-13-9(12)7-3-1-2-4-8(7)11;2*1-11-8(10)6-2-4-7(9)5-3-6;8-6-4-2-1-3-5(6)7(9)10/h12-16,18H,3-11H2,1-2H3;7-10,12,15-16,18H,3-6,11H2,1-2H3;11-14,17H,4-10H2,1-3H3;7-8,10-11H,1-6H2;2*6-7,9H,2-5H2,1H3;5-6,8H,1-4H2,(H,9,10). The van der Waals surface area contributed by atoms with Gasteiger partial charge in [0.2, 0.25) is 0 Å². The molecule has 9 aliphatic carbocycles. The molecule has 9 saturated carbocycles. The van der Waals surface area contributed by atoms with Crippen molar-refractivity contribution >= 4 is 41.8 Å². The Morgan fingerprint density at radius 2 is 0.827 bits per heavy atom. The lowest BCUT2D eigenvalue weighted by Crippen LogP contribution is -2.38. The molecule has 10 rings (SSSR count). The maximum Gasteiger partial charge on any atom is 0.311 e. The number of esters is 6. The fourth-order valence-electron chi connectivity index (χ4n) is 16.3. The Morgan fingerprint density at radius 1 is 0.452 bits per heavy atom. The van der Waals surface area contributed by atoms with Crippen LogP contribution in [0.15, 0.2) is 24.3 Å². The quantitative estimate of drug-likeness (QED) is 0.0548. The third-order valence-electron chi connectivity index (χ3n) is 22.9. The number of aliphatic carboxylic acids is 1. The fraction of sp³-hybridized carbons (Fsp3) is 0.841. The first-order chi connectivity index (χ1) is 49.5. The van der Waals surface area contributed by atoms with Crippen molar-refractivity contribution < 1.29 is 108 Å². The van der Waals surface area contributed by atoms with Gasteiger partial charge >= 0.3 is 41.8 Å². The van der Waals surface area contributed by atoms with Crippen molar-refractivity contribution in [3.63, 3.8) is 0 Å². The molecule has 0 aliphatic heterocycles. The molecule has 22 nitrogen and oxygen atoms in total. The minimum atomic E-state index is -0.854. The van der Waals surface area contributed by atoms with Crippen LogP contribution in [-0.2, 0) is 68.6 Å². The molecular formula is C82H138O22. The number of aliphatic hydroxyl groups excluding tert-OH is 8. The van der Waals surface area contributed by atoms with E-state index >= 15 is 0 Å². The van der Waals surface area contributed by atoms with E-state index in [2.05, 4.69) is 70.1 Å². The van der Waals surface area contributed by atoms with Crippen LogP contribution < -0.4 is 0 Å². The lowest BCUT2D eigenvalue weighted by molar-refractivity contribution is -0.164. The second-order valence-corrected chi connectivity index (χ2v) is 32.7. The molecule has 1 aromatic carbocycles. The lowest BCUT2D eigenvalue weighted by Gasteiger charge is -2.39. The average molecular weight is 1480 g/mol. The van der Waals surface area contributed by atoms with Crippen LogP contribution in [0.3, 0.4) is 0 Å². The number of rotatable bonds is 16. The number of hydrogen-bond donors (Lipinski definition) is 9. The summed E-state index contributed by atoms with van der Waals surface area (Å²) in [4.78, 5) is 79.8. The lowest BCUT2D eigenvalue weighted by atomic mass is 9.71. The van der Waals surface area contributed by atoms with Gasteiger partial charge in [0, 0.05) is 0 Å². The number of ether oxygens (including phenoxy) is 6. The Hall–Kier alpha value is -4.81. The second kappa shape index (κ2) is 49.3. The van der Waals surface area contributed by atoms with Gasteiger partial charge in [-0.3, -0.25) is 33.6 Å². The van der Waals surface area contributed by atoms with Gasteiger partial charge in [0.25, 0.3) is 0 Å². The molecule has 0 saturated heterocycles. The minimum absolute atomic E-state index is 0.0298. The van der Waals surface area contributed by atoms with Crippen molar-refractivity contribution in [2.75, 3.05) is 34.0 Å². The molecular weight excluding hydrogens is 1340 g/mol. The summed E-state index contributed by atoms with van der Waals surface area (Å²) in [7, 11) is 2.82. The van der Waals surface area contributed by atoms with E-state index in [1.807, 2.05) is 12.1 Å². The van der Waals surface area contributed by atoms with Crippen LogP contribution in [0.1, 0.15) is 290 Å². The zero-order valence-corrected chi connectivity index (χ0v) is 64.8. The highest BCUT2D eigenvalue weighted by Gasteiger charge is 2.39. The number of aliphatic hydroxyl groups is 8. The highest BCUT2D eigenvalue weighted by atomic mass is 16.6. The van der Waals surface area contributed by atoms with E-state index in [0.717, 1.165) is 178 Å². The number of benzene rings is 1. The molecule has 9 fully saturated rings. The molecule has 0 heterocycles. The monoisotopic (exact) mass is 1470 g/mol. The van der Waals surface area contributed by atoms with Crippen molar-refractivity contribution in [2.45, 2.75) is 335 Å². The van der Waals surface area contributed by atoms with E-state index in [1.54, 1.807) is 0 Å². The first-order valence-electron chi connectivity index (χ1n) is 40.0. The van der Waals surface area contributed by atoms with E-state index in [9.17, 15) is 54.0 Å². The van der Waals surface area contributed by atoms with Crippen molar-refractivity contribution in [3.8, 4) is 0 Å². The van der Waals surface area contributed by atoms with Crippen LogP contribution in [0, 0.1) is 70.5 Å². The molecule has 1 aromatic rings. The van der Waals surface area contributed by atoms with Gasteiger partial charge in [-0.05, 0) is 207 Å². The highest BCUT2D eigenvalue weighted by Crippen LogP contribution is 2.41. The molecule has 0 amide bonds. The van der Waals surface area contributed by atoms with E-state index in [0.29, 0.717) is 63.1 Å².